The molecule has 0 aliphatic heterocycles. The largest absolute Gasteiger partial charge is 0.372 e. The Morgan fingerprint density at radius 1 is 0.571 bits per heavy atom. The van der Waals surface area contributed by atoms with Crippen molar-refractivity contribution in [2.45, 2.75) is 52.5 Å². The van der Waals surface area contributed by atoms with Crippen LogP contribution in [-0.2, 0) is 6.54 Å². The van der Waals surface area contributed by atoms with Crippen molar-refractivity contribution in [3.63, 3.8) is 0 Å². The van der Waals surface area contributed by atoms with E-state index in [1.807, 2.05) is 0 Å². The van der Waals surface area contributed by atoms with E-state index in [-0.39, 0.29) is 0 Å². The van der Waals surface area contributed by atoms with Gasteiger partial charge in [-0.1, -0.05) is 75.2 Å². The van der Waals surface area contributed by atoms with Crippen molar-refractivity contribution in [2.24, 2.45) is 0 Å². The van der Waals surface area contributed by atoms with Gasteiger partial charge in [0, 0.05) is 35.6 Å². The molecule has 1 heterocycles. The average Bonchev–Trinajstić information content (AvgIpc) is 2.99. The first-order valence-corrected chi connectivity index (χ1v) is 16.1. The monoisotopic (exact) mass is 557 g/mol. The predicted molar refractivity (Wildman–Crippen MR) is 184 cm³/mol. The number of hydrogen-bond acceptors (Lipinski definition) is 1. The molecule has 0 saturated heterocycles. The van der Waals surface area contributed by atoms with Crippen molar-refractivity contribution in [2.75, 3.05) is 45.7 Å². The van der Waals surface area contributed by atoms with Gasteiger partial charge in [-0.3, -0.25) is 0 Å². The number of anilines is 1. The summed E-state index contributed by atoms with van der Waals surface area (Å²) in [4.78, 5) is 2.58. The van der Waals surface area contributed by atoms with Gasteiger partial charge in [-0.2, -0.15) is 0 Å². The molecule has 0 bridgehead atoms. The number of hydrogen-bond donors (Lipinski definition) is 0. The SMILES string of the molecule is CCCCN(CCCC)c1ccc2c(ccc3c2ccc2c4ccc5c[n+](CCC[N+](C)(C)C)ccc5c4ccc32)c1. The Kier molecular flexibility index (Phi) is 8.05. The molecule has 0 radical (unpaired) electrons. The molecule has 0 unspecified atom stereocenters. The Balaban J connectivity index is 1.38. The molecule has 5 aromatic carbocycles. The van der Waals surface area contributed by atoms with Crippen LogP contribution in [0.4, 0.5) is 5.69 Å². The number of unbranched alkanes of at least 4 members (excludes halogenated alkanes) is 2. The normalized spacial score (nSPS) is 12.3. The number of rotatable bonds is 11. The number of benzene rings is 5. The minimum absolute atomic E-state index is 1.01. The summed E-state index contributed by atoms with van der Waals surface area (Å²) in [6.45, 7) is 9.07. The van der Waals surface area contributed by atoms with Gasteiger partial charge < -0.3 is 9.38 Å². The van der Waals surface area contributed by atoms with Gasteiger partial charge in [0.25, 0.3) is 0 Å². The summed E-state index contributed by atoms with van der Waals surface area (Å²) >= 11 is 0. The number of nitrogens with zero attached hydrogens (tertiary/aromatic N) is 3. The molecule has 42 heavy (non-hydrogen) atoms. The maximum atomic E-state index is 2.58. The first-order chi connectivity index (χ1) is 20.4. The first-order valence-electron chi connectivity index (χ1n) is 16.1. The van der Waals surface area contributed by atoms with Crippen molar-refractivity contribution in [1.82, 2.24) is 0 Å². The van der Waals surface area contributed by atoms with E-state index in [0.717, 1.165) is 24.1 Å². The average molecular weight is 558 g/mol. The van der Waals surface area contributed by atoms with Gasteiger partial charge in [-0.25, -0.2) is 4.57 Å². The van der Waals surface area contributed by atoms with Crippen molar-refractivity contribution >= 4 is 59.5 Å². The maximum absolute atomic E-state index is 2.58. The van der Waals surface area contributed by atoms with E-state index in [9.17, 15) is 0 Å². The molecule has 216 valence electrons. The topological polar surface area (TPSA) is 7.12 Å². The van der Waals surface area contributed by atoms with E-state index in [0.29, 0.717) is 0 Å². The minimum Gasteiger partial charge on any atom is -0.372 e. The second kappa shape index (κ2) is 11.9. The Bertz CT molecular complexity index is 1870. The lowest BCUT2D eigenvalue weighted by molar-refractivity contribution is -0.873. The van der Waals surface area contributed by atoms with Crippen LogP contribution in [0.25, 0.3) is 53.9 Å². The van der Waals surface area contributed by atoms with Crippen LogP contribution in [0.2, 0.25) is 0 Å². The van der Waals surface area contributed by atoms with Crippen LogP contribution >= 0.6 is 0 Å². The molecule has 6 rings (SSSR count). The number of aryl methyl sites for hydroxylation is 1. The van der Waals surface area contributed by atoms with E-state index in [4.69, 9.17) is 0 Å². The Hall–Kier alpha value is -3.69. The molecule has 0 saturated carbocycles. The van der Waals surface area contributed by atoms with Gasteiger partial charge in [0.05, 0.1) is 34.1 Å². The minimum atomic E-state index is 1.01. The fourth-order valence-corrected chi connectivity index (χ4v) is 6.63. The molecule has 0 amide bonds. The van der Waals surface area contributed by atoms with Crippen molar-refractivity contribution in [3.8, 4) is 0 Å². The Morgan fingerprint density at radius 2 is 1.07 bits per heavy atom. The molecule has 0 aliphatic carbocycles. The van der Waals surface area contributed by atoms with E-state index >= 15 is 0 Å². The smallest absolute Gasteiger partial charge is 0.176 e. The number of pyridine rings is 1. The Morgan fingerprint density at radius 3 is 1.64 bits per heavy atom. The quantitative estimate of drug-likeness (QED) is 0.0875. The Labute approximate surface area is 251 Å². The summed E-state index contributed by atoms with van der Waals surface area (Å²) in [6.07, 6.45) is 10.7. The van der Waals surface area contributed by atoms with Crippen LogP contribution < -0.4 is 9.47 Å². The van der Waals surface area contributed by atoms with E-state index in [1.54, 1.807) is 0 Å². The summed E-state index contributed by atoms with van der Waals surface area (Å²) in [6, 6.07) is 28.1. The van der Waals surface area contributed by atoms with Crippen molar-refractivity contribution in [1.29, 1.82) is 0 Å². The lowest BCUT2D eigenvalue weighted by Crippen LogP contribution is -2.39. The van der Waals surface area contributed by atoms with E-state index in [1.165, 1.54) is 98.2 Å². The molecule has 0 spiro atoms. The number of aromatic nitrogens is 1. The zero-order chi connectivity index (χ0) is 29.3. The second-order valence-corrected chi connectivity index (χ2v) is 13.2. The van der Waals surface area contributed by atoms with Gasteiger partial charge in [-0.05, 0) is 74.1 Å². The van der Waals surface area contributed by atoms with Crippen LogP contribution in [0.15, 0.2) is 85.2 Å². The van der Waals surface area contributed by atoms with Gasteiger partial charge in [0.1, 0.15) is 0 Å². The highest BCUT2D eigenvalue weighted by Crippen LogP contribution is 2.37. The predicted octanol–water partition coefficient (Wildman–Crippen LogP) is 9.24. The van der Waals surface area contributed by atoms with Crippen LogP contribution in [0.5, 0.6) is 0 Å². The van der Waals surface area contributed by atoms with Crippen LogP contribution in [-0.4, -0.2) is 45.3 Å². The molecular weight excluding hydrogens is 510 g/mol. The fraction of sp³-hybridized carbons (Fsp3) is 0.359. The summed E-state index contributed by atoms with van der Waals surface area (Å²) in [5, 5.41) is 13.3. The van der Waals surface area contributed by atoms with Crippen LogP contribution in [0.3, 0.4) is 0 Å². The fourth-order valence-electron chi connectivity index (χ4n) is 6.63. The zero-order valence-corrected chi connectivity index (χ0v) is 26.3. The third kappa shape index (κ3) is 5.68. The highest BCUT2D eigenvalue weighted by molar-refractivity contribution is 6.24. The van der Waals surface area contributed by atoms with Crippen LogP contribution in [0, 0.1) is 0 Å². The molecular formula is C39H47N3+2. The summed E-state index contributed by atoms with van der Waals surface area (Å²) < 4.78 is 3.36. The van der Waals surface area contributed by atoms with Gasteiger partial charge in [0.15, 0.2) is 18.9 Å². The number of fused-ring (bicyclic) bond motifs is 9. The molecule has 3 nitrogen and oxygen atoms in total. The molecule has 3 heteroatoms. The molecule has 0 atom stereocenters. The molecule has 0 aliphatic rings. The highest BCUT2D eigenvalue weighted by Gasteiger charge is 2.14. The zero-order valence-electron chi connectivity index (χ0n) is 26.3. The second-order valence-electron chi connectivity index (χ2n) is 13.2. The molecule has 1 aromatic heterocycles. The highest BCUT2D eigenvalue weighted by atomic mass is 15.3. The van der Waals surface area contributed by atoms with Crippen molar-refractivity contribution in [3.05, 3.63) is 85.2 Å². The summed E-state index contributed by atoms with van der Waals surface area (Å²) in [5.74, 6) is 0. The number of quaternary nitrogens is 1. The summed E-state index contributed by atoms with van der Waals surface area (Å²) in [7, 11) is 6.79. The molecule has 6 aromatic rings. The third-order valence-electron chi connectivity index (χ3n) is 8.98. The third-order valence-corrected chi connectivity index (χ3v) is 8.98. The maximum Gasteiger partial charge on any atom is 0.176 e. The van der Waals surface area contributed by atoms with Gasteiger partial charge >= 0.3 is 0 Å². The van der Waals surface area contributed by atoms with Gasteiger partial charge in [0.2, 0.25) is 0 Å². The molecule has 0 fully saturated rings. The van der Waals surface area contributed by atoms with Gasteiger partial charge in [-0.15, -0.1) is 0 Å². The van der Waals surface area contributed by atoms with Crippen molar-refractivity contribution < 1.29 is 9.05 Å². The first kappa shape index (κ1) is 28.4. The summed E-state index contributed by atoms with van der Waals surface area (Å²) in [5.41, 5.74) is 1.36. The lowest BCUT2D eigenvalue weighted by Gasteiger charge is -2.25. The lowest BCUT2D eigenvalue weighted by atomic mass is 9.93. The van der Waals surface area contributed by atoms with Crippen LogP contribution in [0.1, 0.15) is 46.0 Å². The van der Waals surface area contributed by atoms with E-state index in [2.05, 4.69) is 130 Å². The standard InChI is InChI=1S/C39H47N3/c1-6-8-23-41(24-9-7-2)31-13-16-32-29(27-31)11-14-36-34(32)17-19-39-37-15-12-30-28-40(22-10-26-42(3,4)5)25-21-33(30)35(37)18-20-38(36)39/h11-21,25,27-28H,6-10,22-24,26H2,1-5H3/q+2. The van der Waals surface area contributed by atoms with E-state index < -0.39 is 0 Å². The molecule has 0 N–H and O–H groups in total.